The third-order valence-electron chi connectivity index (χ3n) is 10.2. The Morgan fingerprint density at radius 2 is 1.38 bits per heavy atom. The van der Waals surface area contributed by atoms with Crippen molar-refractivity contribution >= 4 is 12.7 Å². The first-order valence-electron chi connectivity index (χ1n) is 20.4. The molecule has 0 saturated heterocycles. The maximum absolute atomic E-state index is 10.4. The van der Waals surface area contributed by atoms with Crippen LogP contribution in [0.4, 0.5) is 0 Å². The lowest BCUT2D eigenvalue weighted by Gasteiger charge is -2.57. The van der Waals surface area contributed by atoms with Gasteiger partial charge in [0.1, 0.15) is 17.6 Å². The van der Waals surface area contributed by atoms with Crippen molar-refractivity contribution in [3.8, 4) is 17.2 Å². The summed E-state index contributed by atoms with van der Waals surface area (Å²) in [6.07, 6.45) is 26.2. The normalized spacial score (nSPS) is 19.3. The molecule has 1 amide bonds. The molecule has 4 rings (SSSR count). The smallest absolute Gasteiger partial charge is 0.247 e. The molecule has 2 aliphatic rings. The first-order valence-corrected chi connectivity index (χ1v) is 20.4. The fourth-order valence-electron chi connectivity index (χ4n) is 7.32. The number of hydrogen-bond acceptors (Lipinski definition) is 8. The van der Waals surface area contributed by atoms with Crippen LogP contribution in [0.2, 0.25) is 0 Å². The molecule has 296 valence electrons. The molecular weight excluding hydrogens is 652 g/mol. The van der Waals surface area contributed by atoms with Crippen LogP contribution in [-0.4, -0.2) is 60.3 Å². The molecule has 1 aromatic heterocycles. The topological polar surface area (TPSA) is 116 Å². The van der Waals surface area contributed by atoms with Crippen molar-refractivity contribution in [1.29, 1.82) is 0 Å². The number of ether oxygens (including phenoxy) is 2. The summed E-state index contributed by atoms with van der Waals surface area (Å²) >= 11 is 0. The minimum Gasteiger partial charge on any atom is -0.485 e. The first-order chi connectivity index (χ1) is 24.9. The van der Waals surface area contributed by atoms with E-state index < -0.39 is 11.2 Å². The van der Waals surface area contributed by atoms with Crippen molar-refractivity contribution in [3.05, 3.63) is 30.2 Å². The molecule has 0 radical (unpaired) electrons. The minimum atomic E-state index is -0.527. The number of carbonyl (C=O) groups excluding carboxylic acids is 2. The van der Waals surface area contributed by atoms with E-state index in [4.69, 9.17) is 13.9 Å². The van der Waals surface area contributed by atoms with Gasteiger partial charge in [0.15, 0.2) is 0 Å². The van der Waals surface area contributed by atoms with Crippen LogP contribution in [0.5, 0.6) is 5.75 Å². The minimum absolute atomic E-state index is 0.380. The van der Waals surface area contributed by atoms with Gasteiger partial charge < -0.3 is 29.3 Å². The molecule has 9 heteroatoms. The Hall–Kier alpha value is -2.78. The Morgan fingerprint density at radius 3 is 1.85 bits per heavy atom. The molecule has 0 unspecified atom stereocenters. The van der Waals surface area contributed by atoms with Gasteiger partial charge in [-0.05, 0) is 102 Å². The van der Waals surface area contributed by atoms with Crippen molar-refractivity contribution in [2.45, 2.75) is 181 Å². The molecule has 9 nitrogen and oxygen atoms in total. The lowest BCUT2D eigenvalue weighted by atomic mass is 9.50. The molecule has 2 fully saturated rings. The number of benzene rings is 1. The van der Waals surface area contributed by atoms with Crippen LogP contribution in [-0.2, 0) is 14.3 Å². The summed E-state index contributed by atoms with van der Waals surface area (Å²) in [5, 5.41) is 13.8. The van der Waals surface area contributed by atoms with E-state index in [1.807, 2.05) is 52.0 Å². The Labute approximate surface area is 316 Å². The van der Waals surface area contributed by atoms with Gasteiger partial charge in [0.25, 0.3) is 0 Å². The van der Waals surface area contributed by atoms with Crippen molar-refractivity contribution in [2.24, 2.45) is 11.3 Å². The largest absolute Gasteiger partial charge is 0.485 e. The van der Waals surface area contributed by atoms with Crippen LogP contribution in [0.25, 0.3) is 11.5 Å². The highest BCUT2D eigenvalue weighted by atomic mass is 16.6. The zero-order valence-corrected chi connectivity index (χ0v) is 34.2. The highest BCUT2D eigenvalue weighted by Crippen LogP contribution is 2.58. The molecule has 0 bridgehead atoms. The van der Waals surface area contributed by atoms with E-state index in [9.17, 15) is 9.59 Å². The number of aromatic nitrogens is 2. The predicted octanol–water partition coefficient (Wildman–Crippen LogP) is 10.2. The Kier molecular flexibility index (Phi) is 21.4. The van der Waals surface area contributed by atoms with Gasteiger partial charge in [0.2, 0.25) is 18.2 Å². The first kappa shape index (κ1) is 45.4. The summed E-state index contributed by atoms with van der Waals surface area (Å²) in [6, 6.07) is 8.31. The average Bonchev–Trinajstić information content (AvgIpc) is 3.53. The van der Waals surface area contributed by atoms with Gasteiger partial charge >= 0.3 is 0 Å². The van der Waals surface area contributed by atoms with Crippen LogP contribution in [0.3, 0.4) is 0 Å². The summed E-state index contributed by atoms with van der Waals surface area (Å²) in [6.45, 7) is 14.9. The van der Waals surface area contributed by atoms with Gasteiger partial charge in [-0.2, -0.15) is 0 Å². The van der Waals surface area contributed by atoms with Crippen LogP contribution in [0.1, 0.15) is 163 Å². The number of aldehydes is 1. The zero-order chi connectivity index (χ0) is 38.3. The maximum Gasteiger partial charge on any atom is 0.247 e. The highest BCUT2D eigenvalue weighted by Gasteiger charge is 2.50. The SMILES string of the molecule is CCCCCCCCCCCCCCCC=O.CNC1CC2(CC(C)C2)C1.Cc1nnc(-c2ccc(OC(C)(C)COC(C)(C)CNC=O)cc2)o1. The maximum atomic E-state index is 10.4. The molecule has 52 heavy (non-hydrogen) atoms. The van der Waals surface area contributed by atoms with Gasteiger partial charge in [-0.15, -0.1) is 10.2 Å². The van der Waals surface area contributed by atoms with Gasteiger partial charge in [-0.3, -0.25) is 4.79 Å². The fourth-order valence-corrected chi connectivity index (χ4v) is 7.32. The number of unbranched alkanes of at least 4 members (excludes halogenated alkanes) is 13. The second-order valence-corrected chi connectivity index (χ2v) is 16.7. The summed E-state index contributed by atoms with van der Waals surface area (Å²) in [5.74, 6) is 2.76. The van der Waals surface area contributed by atoms with Crippen molar-refractivity contribution < 1.29 is 23.5 Å². The number of aryl methyl sites for hydroxylation is 1. The van der Waals surface area contributed by atoms with Crippen molar-refractivity contribution in [3.63, 3.8) is 0 Å². The van der Waals surface area contributed by atoms with E-state index in [1.165, 1.54) is 103 Å². The summed E-state index contributed by atoms with van der Waals surface area (Å²) in [7, 11) is 2.08. The molecule has 2 aromatic rings. The predicted molar refractivity (Wildman–Crippen MR) is 213 cm³/mol. The van der Waals surface area contributed by atoms with E-state index in [2.05, 4.69) is 41.7 Å². The fraction of sp³-hybridized carbons (Fsp3) is 0.767. The van der Waals surface area contributed by atoms with E-state index in [-0.39, 0.29) is 0 Å². The number of carbonyl (C=O) groups is 2. The molecule has 2 saturated carbocycles. The van der Waals surface area contributed by atoms with Crippen molar-refractivity contribution in [1.82, 2.24) is 20.8 Å². The monoisotopic (exact) mass is 727 g/mol. The lowest BCUT2D eigenvalue weighted by Crippen LogP contribution is -2.53. The number of hydrogen-bond donors (Lipinski definition) is 2. The Bertz CT molecular complexity index is 1210. The van der Waals surface area contributed by atoms with Crippen LogP contribution >= 0.6 is 0 Å². The van der Waals surface area contributed by atoms with Crippen LogP contribution in [0, 0.1) is 18.3 Å². The molecule has 1 aromatic carbocycles. The van der Waals surface area contributed by atoms with E-state index in [1.54, 1.807) is 6.92 Å². The van der Waals surface area contributed by atoms with E-state index in [0.29, 0.717) is 31.3 Å². The van der Waals surface area contributed by atoms with Crippen LogP contribution < -0.4 is 15.4 Å². The number of rotatable bonds is 24. The number of nitrogens with one attached hydrogen (secondary N) is 2. The van der Waals surface area contributed by atoms with Crippen molar-refractivity contribution in [2.75, 3.05) is 20.2 Å². The lowest BCUT2D eigenvalue weighted by molar-refractivity contribution is -0.112. The Balaban J connectivity index is 0.000000297. The molecule has 0 aliphatic heterocycles. The second-order valence-electron chi connectivity index (χ2n) is 16.7. The number of amides is 1. The van der Waals surface area contributed by atoms with Gasteiger partial charge in [-0.25, -0.2) is 0 Å². The third-order valence-corrected chi connectivity index (χ3v) is 10.2. The van der Waals surface area contributed by atoms with E-state index in [0.717, 1.165) is 47.8 Å². The molecule has 2 N–H and O–H groups in total. The summed E-state index contributed by atoms with van der Waals surface area (Å²) in [5.41, 5.74) is 0.665. The third kappa shape index (κ3) is 18.8. The molecule has 1 heterocycles. The zero-order valence-electron chi connectivity index (χ0n) is 34.2. The van der Waals surface area contributed by atoms with Gasteiger partial charge in [0, 0.05) is 31.5 Å². The second kappa shape index (κ2) is 24.5. The number of nitrogens with zero attached hydrogens (tertiary/aromatic N) is 2. The Morgan fingerprint density at radius 1 is 0.827 bits per heavy atom. The average molecular weight is 727 g/mol. The molecular formula is C43H74N4O5. The van der Waals surface area contributed by atoms with E-state index >= 15 is 0 Å². The summed E-state index contributed by atoms with van der Waals surface area (Å²) < 4.78 is 17.3. The molecule has 1 spiro atoms. The highest BCUT2D eigenvalue weighted by molar-refractivity contribution is 5.54. The molecule has 2 aliphatic carbocycles. The van der Waals surface area contributed by atoms with Crippen LogP contribution in [0.15, 0.2) is 28.7 Å². The van der Waals surface area contributed by atoms with Gasteiger partial charge in [0.05, 0.1) is 12.2 Å². The summed E-state index contributed by atoms with van der Waals surface area (Å²) in [4.78, 5) is 20.5. The van der Waals surface area contributed by atoms with Gasteiger partial charge in [-0.1, -0.05) is 90.9 Å². The quantitative estimate of drug-likeness (QED) is 0.0811. The molecule has 0 atom stereocenters. The standard InChI is InChI=1S/C18H25N3O4.C16H32O.C9H17N/c1-13-20-21-16(24-13)14-6-8-15(9-7-14)25-18(4,5)11-23-17(2,3)10-19-12-22;1-2-3-4-5-6-7-8-9-10-11-12-13-14-15-16-17;1-7-3-9(4-7)5-8(6-9)10-2/h6-9,12H,10-11H2,1-5H3,(H,19,22);16H,2-15H2,1H3;7-8,10H,3-6H2,1-2H3.